The standard InChI is InChI=1S/C22H22F2N6O4S/c1-29-16(22(34-2)6-8-35(32,33)9-7-22)10-15(28-29)12-11-30(19-13(23)4-3-5-14(19)24)21(31)17-18(12)26-27-20(17)25/h3-5,10-11H,6-9H2,1-2H3,(H3,25,26,27). The summed E-state index contributed by atoms with van der Waals surface area (Å²) in [5.41, 5.74) is 5.29. The first-order chi connectivity index (χ1) is 16.6. The summed E-state index contributed by atoms with van der Waals surface area (Å²) in [4.78, 5) is 13.2. The van der Waals surface area contributed by atoms with Crippen LogP contribution in [0.5, 0.6) is 0 Å². The molecule has 0 amide bonds. The number of pyridine rings is 1. The van der Waals surface area contributed by atoms with E-state index in [9.17, 15) is 22.0 Å². The summed E-state index contributed by atoms with van der Waals surface area (Å²) >= 11 is 0. The zero-order valence-electron chi connectivity index (χ0n) is 18.9. The molecule has 4 heterocycles. The van der Waals surface area contributed by atoms with Crippen LogP contribution in [0.1, 0.15) is 18.5 Å². The predicted molar refractivity (Wildman–Crippen MR) is 125 cm³/mol. The highest BCUT2D eigenvalue weighted by molar-refractivity contribution is 7.91. The molecule has 3 aromatic heterocycles. The van der Waals surface area contributed by atoms with Crippen LogP contribution in [0, 0.1) is 11.6 Å². The van der Waals surface area contributed by atoms with Gasteiger partial charge in [-0.1, -0.05) is 6.07 Å². The molecular weight excluding hydrogens is 482 g/mol. The van der Waals surface area contributed by atoms with Crippen LogP contribution in [-0.4, -0.2) is 51.6 Å². The van der Waals surface area contributed by atoms with Crippen molar-refractivity contribution in [2.24, 2.45) is 7.05 Å². The van der Waals surface area contributed by atoms with Gasteiger partial charge in [-0.15, -0.1) is 0 Å². The van der Waals surface area contributed by atoms with Crippen LogP contribution in [0.3, 0.4) is 0 Å². The third-order valence-electron chi connectivity index (χ3n) is 6.58. The van der Waals surface area contributed by atoms with Gasteiger partial charge >= 0.3 is 0 Å². The number of nitrogens with two attached hydrogens (primary N) is 1. The number of nitrogen functional groups attached to an aromatic ring is 1. The van der Waals surface area contributed by atoms with Gasteiger partial charge in [-0.25, -0.2) is 17.2 Å². The summed E-state index contributed by atoms with van der Waals surface area (Å²) in [7, 11) is 0.0505. The van der Waals surface area contributed by atoms with E-state index in [-0.39, 0.29) is 41.1 Å². The molecule has 10 nitrogen and oxygen atoms in total. The Kier molecular flexibility index (Phi) is 5.29. The van der Waals surface area contributed by atoms with Gasteiger partial charge in [-0.2, -0.15) is 10.2 Å². The summed E-state index contributed by atoms with van der Waals surface area (Å²) in [5.74, 6) is -2.04. The van der Waals surface area contributed by atoms with Crippen LogP contribution in [0.2, 0.25) is 0 Å². The monoisotopic (exact) mass is 504 g/mol. The number of halogens is 2. The number of aromatic nitrogens is 5. The van der Waals surface area contributed by atoms with E-state index in [1.54, 1.807) is 17.8 Å². The molecule has 35 heavy (non-hydrogen) atoms. The number of fused-ring (bicyclic) bond motifs is 1. The normalized spacial score (nSPS) is 17.1. The molecular formula is C22H22F2N6O4S. The van der Waals surface area contributed by atoms with Gasteiger partial charge in [0.05, 0.1) is 28.4 Å². The quantitative estimate of drug-likeness (QED) is 0.434. The summed E-state index contributed by atoms with van der Waals surface area (Å²) in [5, 5.41) is 11.1. The Labute approximate surface area is 198 Å². The number of hydrogen-bond acceptors (Lipinski definition) is 7. The number of ether oxygens (including phenoxy) is 1. The van der Waals surface area contributed by atoms with Crippen LogP contribution in [-0.2, 0) is 27.2 Å². The van der Waals surface area contributed by atoms with E-state index in [1.165, 1.54) is 19.4 Å². The van der Waals surface area contributed by atoms with Crippen molar-refractivity contribution in [3.63, 3.8) is 0 Å². The van der Waals surface area contributed by atoms with E-state index in [1.807, 2.05) is 0 Å². The van der Waals surface area contributed by atoms with E-state index in [0.717, 1.165) is 16.7 Å². The minimum absolute atomic E-state index is 0.0277. The molecule has 0 aliphatic carbocycles. The molecule has 0 radical (unpaired) electrons. The lowest BCUT2D eigenvalue weighted by atomic mass is 9.91. The molecule has 0 saturated carbocycles. The van der Waals surface area contributed by atoms with Crippen molar-refractivity contribution in [1.82, 2.24) is 24.5 Å². The summed E-state index contributed by atoms with van der Waals surface area (Å²) in [6.45, 7) is 0. The number of benzene rings is 1. The van der Waals surface area contributed by atoms with E-state index in [0.29, 0.717) is 17.0 Å². The summed E-state index contributed by atoms with van der Waals surface area (Å²) in [6.07, 6.45) is 1.77. The van der Waals surface area contributed by atoms with Gasteiger partial charge in [-0.05, 0) is 31.0 Å². The van der Waals surface area contributed by atoms with Crippen LogP contribution < -0.4 is 11.3 Å². The van der Waals surface area contributed by atoms with E-state index in [2.05, 4.69) is 15.3 Å². The maximum Gasteiger partial charge on any atom is 0.268 e. The van der Waals surface area contributed by atoms with Crippen molar-refractivity contribution in [1.29, 1.82) is 0 Å². The number of nitrogens with zero attached hydrogens (tertiary/aromatic N) is 4. The Hall–Kier alpha value is -3.58. The fraction of sp³-hybridized carbons (Fsp3) is 0.318. The number of aromatic amines is 1. The zero-order chi connectivity index (χ0) is 25.1. The lowest BCUT2D eigenvalue weighted by molar-refractivity contribution is -0.0296. The first-order valence-electron chi connectivity index (χ1n) is 10.7. The van der Waals surface area contributed by atoms with Gasteiger partial charge in [0.25, 0.3) is 5.56 Å². The average molecular weight is 505 g/mol. The summed E-state index contributed by atoms with van der Waals surface area (Å²) in [6, 6.07) is 5.00. The Bertz CT molecular complexity index is 1610. The van der Waals surface area contributed by atoms with Crippen LogP contribution in [0.4, 0.5) is 14.6 Å². The lowest BCUT2D eigenvalue weighted by Gasteiger charge is -2.35. The highest BCUT2D eigenvalue weighted by Crippen LogP contribution is 2.39. The third-order valence-corrected chi connectivity index (χ3v) is 8.23. The molecule has 1 saturated heterocycles. The lowest BCUT2D eigenvalue weighted by Crippen LogP contribution is -2.40. The minimum atomic E-state index is -3.15. The third kappa shape index (κ3) is 3.62. The SMILES string of the molecule is COC1(c2cc(-c3cn(-c4c(F)cccc4F)c(=O)c4c(N)n[nH]c34)nn2C)CCS(=O)(=O)CC1. The predicted octanol–water partition coefficient (Wildman–Crippen LogP) is 2.02. The molecule has 0 spiro atoms. The van der Waals surface area contributed by atoms with E-state index >= 15 is 0 Å². The largest absolute Gasteiger partial charge is 0.382 e. The maximum absolute atomic E-state index is 14.6. The van der Waals surface area contributed by atoms with Crippen molar-refractivity contribution in [3.8, 4) is 16.9 Å². The van der Waals surface area contributed by atoms with Crippen LogP contribution in [0.25, 0.3) is 27.8 Å². The second kappa shape index (κ2) is 7.99. The summed E-state index contributed by atoms with van der Waals surface area (Å²) < 4.78 is 61.5. The smallest absolute Gasteiger partial charge is 0.268 e. The Morgan fingerprint density at radius 1 is 1.20 bits per heavy atom. The van der Waals surface area contributed by atoms with Crippen molar-refractivity contribution < 1.29 is 21.9 Å². The topological polar surface area (TPSA) is 138 Å². The molecule has 13 heteroatoms. The number of nitrogens with one attached hydrogen (secondary N) is 1. The molecule has 5 rings (SSSR count). The molecule has 0 atom stereocenters. The Balaban J connectivity index is 1.73. The molecule has 0 unspecified atom stereocenters. The van der Waals surface area contributed by atoms with Gasteiger partial charge in [0.1, 0.15) is 28.3 Å². The van der Waals surface area contributed by atoms with Gasteiger partial charge < -0.3 is 10.5 Å². The number of anilines is 1. The van der Waals surface area contributed by atoms with Gasteiger partial charge in [0.2, 0.25) is 0 Å². The number of H-pyrrole nitrogens is 1. The minimum Gasteiger partial charge on any atom is -0.382 e. The number of rotatable bonds is 4. The Morgan fingerprint density at radius 2 is 1.86 bits per heavy atom. The van der Waals surface area contributed by atoms with Gasteiger partial charge in [0, 0.05) is 25.9 Å². The number of para-hydroxylation sites is 1. The highest BCUT2D eigenvalue weighted by atomic mass is 32.2. The molecule has 1 aromatic carbocycles. The molecule has 1 aliphatic rings. The maximum atomic E-state index is 14.6. The average Bonchev–Trinajstić information content (AvgIpc) is 3.39. The van der Waals surface area contributed by atoms with Crippen LogP contribution in [0.15, 0.2) is 35.3 Å². The molecule has 0 bridgehead atoms. The first kappa shape index (κ1) is 23.2. The fourth-order valence-electron chi connectivity index (χ4n) is 4.68. The number of aryl methyl sites for hydroxylation is 1. The van der Waals surface area contributed by atoms with Crippen molar-refractivity contribution in [2.45, 2.75) is 18.4 Å². The van der Waals surface area contributed by atoms with E-state index in [4.69, 9.17) is 10.5 Å². The Morgan fingerprint density at radius 3 is 2.49 bits per heavy atom. The van der Waals surface area contributed by atoms with Crippen molar-refractivity contribution in [2.75, 3.05) is 24.3 Å². The van der Waals surface area contributed by atoms with Crippen LogP contribution >= 0.6 is 0 Å². The molecule has 184 valence electrons. The number of sulfone groups is 1. The van der Waals surface area contributed by atoms with Crippen molar-refractivity contribution >= 4 is 26.6 Å². The molecule has 4 aromatic rings. The van der Waals surface area contributed by atoms with Crippen molar-refractivity contribution in [3.05, 3.63) is 58.1 Å². The number of methoxy groups -OCH3 is 1. The van der Waals surface area contributed by atoms with Gasteiger partial charge in [-0.3, -0.25) is 19.1 Å². The van der Waals surface area contributed by atoms with E-state index < -0.39 is 38.3 Å². The second-order valence-corrected chi connectivity index (χ2v) is 10.8. The highest BCUT2D eigenvalue weighted by Gasteiger charge is 2.41. The zero-order valence-corrected chi connectivity index (χ0v) is 19.7. The fourth-order valence-corrected chi connectivity index (χ4v) is 6.16. The molecule has 1 fully saturated rings. The first-order valence-corrected chi connectivity index (χ1v) is 12.5. The molecule has 3 N–H and O–H groups in total. The number of hydrogen-bond donors (Lipinski definition) is 2. The van der Waals surface area contributed by atoms with Gasteiger partial charge in [0.15, 0.2) is 15.7 Å². The molecule has 1 aliphatic heterocycles. The second-order valence-electron chi connectivity index (χ2n) is 8.54.